The van der Waals surface area contributed by atoms with Crippen LogP contribution in [0.3, 0.4) is 0 Å². The van der Waals surface area contributed by atoms with Crippen molar-refractivity contribution in [2.75, 3.05) is 13.7 Å². The molecule has 5 aromatic rings. The molecule has 10 nitrogen and oxygen atoms in total. The van der Waals surface area contributed by atoms with E-state index in [0.29, 0.717) is 23.8 Å². The van der Waals surface area contributed by atoms with E-state index in [1.165, 1.54) is 7.11 Å². The van der Waals surface area contributed by atoms with Crippen molar-refractivity contribution in [3.63, 3.8) is 0 Å². The van der Waals surface area contributed by atoms with Crippen molar-refractivity contribution in [2.45, 2.75) is 38.5 Å². The molecule has 1 fully saturated rings. The van der Waals surface area contributed by atoms with Crippen LogP contribution in [0.4, 0.5) is 4.79 Å². The summed E-state index contributed by atoms with van der Waals surface area (Å²) in [6, 6.07) is 18.3. The number of para-hydroxylation sites is 2. The third-order valence-electron chi connectivity index (χ3n) is 7.56. The van der Waals surface area contributed by atoms with Gasteiger partial charge in [0, 0.05) is 22.7 Å². The first-order valence-corrected chi connectivity index (χ1v) is 15.9. The maximum Gasteiger partial charge on any atom is 0.407 e. The predicted molar refractivity (Wildman–Crippen MR) is 172 cm³/mol. The van der Waals surface area contributed by atoms with Gasteiger partial charge in [-0.15, -0.1) is 11.3 Å². The molecule has 2 aromatic carbocycles. The molecule has 226 valence electrons. The molecule has 44 heavy (non-hydrogen) atoms. The topological polar surface area (TPSA) is 122 Å². The van der Waals surface area contributed by atoms with Crippen LogP contribution in [0, 0.1) is 5.92 Å². The van der Waals surface area contributed by atoms with Crippen molar-refractivity contribution in [1.29, 1.82) is 0 Å². The molecule has 3 atom stereocenters. The number of aromatic nitrogens is 4. The molecule has 2 N–H and O–H groups in total. The van der Waals surface area contributed by atoms with Crippen LogP contribution >= 0.6 is 27.3 Å². The minimum absolute atomic E-state index is 0.186. The Labute approximate surface area is 267 Å². The number of nitrogens with one attached hydrogen (secondary N) is 2. The second-order valence-corrected chi connectivity index (χ2v) is 12.7. The van der Waals surface area contributed by atoms with Crippen molar-refractivity contribution in [2.24, 2.45) is 5.92 Å². The van der Waals surface area contributed by atoms with Gasteiger partial charge < -0.3 is 24.7 Å². The Hall–Kier alpha value is -4.29. The lowest BCUT2D eigenvalue weighted by molar-refractivity contribution is -0.135. The highest BCUT2D eigenvalue weighted by Gasteiger charge is 2.43. The molecular formula is C32H31BrN6O4S. The molecule has 1 aliphatic rings. The smallest absolute Gasteiger partial charge is 0.407 e. The molecule has 0 bridgehead atoms. The van der Waals surface area contributed by atoms with Gasteiger partial charge in [-0.2, -0.15) is 0 Å². The highest BCUT2D eigenvalue weighted by Crippen LogP contribution is 2.38. The number of aromatic amines is 1. The lowest BCUT2D eigenvalue weighted by Gasteiger charge is -2.29. The monoisotopic (exact) mass is 674 g/mol. The number of amides is 2. The minimum atomic E-state index is -0.799. The Balaban J connectivity index is 1.35. The van der Waals surface area contributed by atoms with Crippen LogP contribution in [-0.2, 0) is 9.53 Å². The zero-order chi connectivity index (χ0) is 30.8. The third kappa shape index (κ3) is 6.18. The molecule has 4 heterocycles. The number of imidazole rings is 1. The number of hydrogen-bond acceptors (Lipinski definition) is 8. The maximum atomic E-state index is 14.1. The molecule has 0 spiro atoms. The summed E-state index contributed by atoms with van der Waals surface area (Å²) in [6.07, 6.45) is 1.22. The Kier molecular flexibility index (Phi) is 8.62. The van der Waals surface area contributed by atoms with Crippen LogP contribution in [0.15, 0.2) is 76.7 Å². The van der Waals surface area contributed by atoms with Crippen LogP contribution in [0.25, 0.3) is 32.9 Å². The summed E-state index contributed by atoms with van der Waals surface area (Å²) >= 11 is 5.04. The Bertz CT molecular complexity index is 1780. The Morgan fingerprint density at radius 2 is 1.80 bits per heavy atom. The van der Waals surface area contributed by atoms with Gasteiger partial charge in [-0.1, -0.05) is 60.1 Å². The summed E-state index contributed by atoms with van der Waals surface area (Å²) in [5.41, 5.74) is 3.85. The van der Waals surface area contributed by atoms with Crippen molar-refractivity contribution in [3.8, 4) is 27.7 Å². The molecule has 0 saturated carbocycles. The number of carbonyl (C=O) groups is 2. The number of halogens is 1. The SMILES string of the molecule is COC(=O)NC(C(=O)N1CC(Oc2nc3ccccc3nc2-c2cccs2)CC1c1nc(-c2ccc(Br)cc2)c[nH]1)C(C)C. The maximum absolute atomic E-state index is 14.1. The molecule has 2 amide bonds. The first-order valence-electron chi connectivity index (χ1n) is 14.2. The molecule has 3 unspecified atom stereocenters. The minimum Gasteiger partial charge on any atom is -0.471 e. The molecule has 6 rings (SSSR count). The average Bonchev–Trinajstić information content (AvgIpc) is 3.81. The van der Waals surface area contributed by atoms with Crippen LogP contribution in [0.2, 0.25) is 0 Å². The fourth-order valence-electron chi connectivity index (χ4n) is 5.34. The molecule has 1 saturated heterocycles. The molecule has 12 heteroatoms. The highest BCUT2D eigenvalue weighted by atomic mass is 79.9. The van der Waals surface area contributed by atoms with Gasteiger partial charge in [0.05, 0.1) is 41.3 Å². The van der Waals surface area contributed by atoms with E-state index in [1.807, 2.05) is 86.1 Å². The first kappa shape index (κ1) is 29.8. The van der Waals surface area contributed by atoms with Gasteiger partial charge in [-0.05, 0) is 41.6 Å². The van der Waals surface area contributed by atoms with E-state index >= 15 is 0 Å². The van der Waals surface area contributed by atoms with Crippen molar-refractivity contribution >= 4 is 50.3 Å². The van der Waals surface area contributed by atoms with E-state index in [-0.39, 0.29) is 18.4 Å². The zero-order valence-corrected chi connectivity index (χ0v) is 26.8. The molecular weight excluding hydrogens is 644 g/mol. The Morgan fingerprint density at radius 1 is 1.05 bits per heavy atom. The number of carbonyl (C=O) groups excluding carboxylic acids is 2. The summed E-state index contributed by atoms with van der Waals surface area (Å²) in [5, 5.41) is 4.70. The van der Waals surface area contributed by atoms with Gasteiger partial charge in [0.1, 0.15) is 23.7 Å². The van der Waals surface area contributed by atoms with Crippen LogP contribution in [0.5, 0.6) is 5.88 Å². The van der Waals surface area contributed by atoms with Gasteiger partial charge in [-0.25, -0.2) is 19.7 Å². The Morgan fingerprint density at radius 3 is 2.48 bits per heavy atom. The van der Waals surface area contributed by atoms with Gasteiger partial charge in [0.25, 0.3) is 0 Å². The van der Waals surface area contributed by atoms with E-state index in [2.05, 4.69) is 26.2 Å². The van der Waals surface area contributed by atoms with Crippen LogP contribution in [-0.4, -0.2) is 62.6 Å². The number of methoxy groups -OCH3 is 1. The number of ether oxygens (including phenoxy) is 2. The van der Waals surface area contributed by atoms with Crippen molar-refractivity contribution in [1.82, 2.24) is 30.2 Å². The van der Waals surface area contributed by atoms with Crippen LogP contribution in [0.1, 0.15) is 32.1 Å². The summed E-state index contributed by atoms with van der Waals surface area (Å²) in [4.78, 5) is 46.9. The highest BCUT2D eigenvalue weighted by molar-refractivity contribution is 9.10. The number of alkyl carbamates (subject to hydrolysis) is 1. The fraction of sp³-hybridized carbons (Fsp3) is 0.281. The molecule has 0 radical (unpaired) electrons. The standard InChI is InChI=1S/C32H31BrN6O4S/c1-18(2)27(38-32(41)42-3)31(40)39-17-21(15-25(39)29-34-16-24(36-29)19-10-12-20(33)13-11-19)43-30-28(26-9-6-14-44-26)35-22-7-4-5-8-23(22)37-30/h4-14,16,18,21,25,27H,15,17H2,1-3H3,(H,34,36)(H,38,41). The number of thiophene rings is 1. The summed E-state index contributed by atoms with van der Waals surface area (Å²) < 4.78 is 12.4. The van der Waals surface area contributed by atoms with E-state index in [9.17, 15) is 9.59 Å². The van der Waals surface area contributed by atoms with E-state index < -0.39 is 24.3 Å². The normalized spacial score (nSPS) is 17.2. The predicted octanol–water partition coefficient (Wildman–Crippen LogP) is 6.61. The average molecular weight is 676 g/mol. The number of hydrogen-bond donors (Lipinski definition) is 2. The number of fused-ring (bicyclic) bond motifs is 1. The summed E-state index contributed by atoms with van der Waals surface area (Å²) in [7, 11) is 1.28. The molecule has 3 aromatic heterocycles. The number of likely N-dealkylation sites (tertiary alicyclic amines) is 1. The summed E-state index contributed by atoms with van der Waals surface area (Å²) in [6.45, 7) is 4.03. The quantitative estimate of drug-likeness (QED) is 0.190. The number of rotatable bonds is 8. The van der Waals surface area contributed by atoms with Gasteiger partial charge in [0.2, 0.25) is 11.8 Å². The van der Waals surface area contributed by atoms with E-state index in [0.717, 1.165) is 31.6 Å². The van der Waals surface area contributed by atoms with Gasteiger partial charge in [0.15, 0.2) is 0 Å². The molecule has 0 aliphatic carbocycles. The third-order valence-corrected chi connectivity index (χ3v) is 8.97. The lowest BCUT2D eigenvalue weighted by atomic mass is 10.0. The molecule has 1 aliphatic heterocycles. The van der Waals surface area contributed by atoms with E-state index in [1.54, 1.807) is 16.2 Å². The van der Waals surface area contributed by atoms with Gasteiger partial charge >= 0.3 is 6.09 Å². The zero-order valence-electron chi connectivity index (χ0n) is 24.4. The largest absolute Gasteiger partial charge is 0.471 e. The lowest BCUT2D eigenvalue weighted by Crippen LogP contribution is -2.51. The fourth-order valence-corrected chi connectivity index (χ4v) is 6.31. The first-order chi connectivity index (χ1) is 21.3. The number of H-pyrrole nitrogens is 1. The van der Waals surface area contributed by atoms with Crippen molar-refractivity contribution in [3.05, 3.63) is 82.5 Å². The van der Waals surface area contributed by atoms with E-state index in [4.69, 9.17) is 24.4 Å². The second kappa shape index (κ2) is 12.7. The number of nitrogens with zero attached hydrogens (tertiary/aromatic N) is 4. The van der Waals surface area contributed by atoms with Crippen LogP contribution < -0.4 is 10.1 Å². The summed E-state index contributed by atoms with van der Waals surface area (Å²) in [5.74, 6) is 0.610. The van der Waals surface area contributed by atoms with Gasteiger partial charge in [-0.3, -0.25) is 4.79 Å². The van der Waals surface area contributed by atoms with Crippen molar-refractivity contribution < 1.29 is 19.1 Å². The number of benzene rings is 2. The second-order valence-electron chi connectivity index (χ2n) is 10.9.